The van der Waals surface area contributed by atoms with Crippen LogP contribution in [-0.2, 0) is 14.3 Å². The number of ether oxygens (including phenoxy) is 2. The van der Waals surface area contributed by atoms with Crippen molar-refractivity contribution in [2.75, 3.05) is 19.8 Å². The third kappa shape index (κ3) is 2.45. The van der Waals surface area contributed by atoms with Crippen LogP contribution in [0.25, 0.3) is 0 Å². The van der Waals surface area contributed by atoms with E-state index in [0.29, 0.717) is 17.6 Å². The maximum atomic E-state index is 12.5. The van der Waals surface area contributed by atoms with Crippen molar-refractivity contribution in [3.8, 4) is 0 Å². The Balaban J connectivity index is 1.96. The third-order valence-electron chi connectivity index (χ3n) is 7.14. The van der Waals surface area contributed by atoms with E-state index in [1.807, 2.05) is 0 Å². The maximum Gasteiger partial charge on any atom is 0.139 e. The first-order valence-corrected chi connectivity index (χ1v) is 9.06. The molecular weight excluding hydrogens is 276 g/mol. The van der Waals surface area contributed by atoms with E-state index in [0.717, 1.165) is 58.3 Å². The average molecular weight is 308 g/mol. The van der Waals surface area contributed by atoms with Gasteiger partial charge in [0.15, 0.2) is 0 Å². The molecule has 0 N–H and O–H groups in total. The average Bonchev–Trinajstić information content (AvgIpc) is 2.74. The Morgan fingerprint density at radius 1 is 0.955 bits per heavy atom. The van der Waals surface area contributed by atoms with E-state index < -0.39 is 0 Å². The molecule has 4 atom stereocenters. The normalized spacial score (nSPS) is 45.9. The third-order valence-corrected chi connectivity index (χ3v) is 7.14. The summed E-state index contributed by atoms with van der Waals surface area (Å²) in [6.45, 7) is 11.5. The van der Waals surface area contributed by atoms with Gasteiger partial charge >= 0.3 is 0 Å². The van der Waals surface area contributed by atoms with Crippen LogP contribution in [0.5, 0.6) is 0 Å². The molecule has 3 fully saturated rings. The van der Waals surface area contributed by atoms with Gasteiger partial charge in [-0.15, -0.1) is 0 Å². The van der Waals surface area contributed by atoms with Gasteiger partial charge in [-0.1, -0.05) is 13.8 Å². The molecule has 3 rings (SSSR count). The first kappa shape index (κ1) is 16.4. The quantitative estimate of drug-likeness (QED) is 0.678. The summed E-state index contributed by atoms with van der Waals surface area (Å²) in [5.41, 5.74) is -0.0789. The van der Waals surface area contributed by atoms with Gasteiger partial charge in [-0.05, 0) is 63.2 Å². The number of carbonyl (C=O) groups excluding carboxylic acids is 1. The standard InChI is InChI=1S/C19H32O3/c1-17(2)14-8-9-19(4)15(6-7-16(19)20)18(14,3)10-13-21-11-5-12-22-17/h14-15H,5-13H2,1-4H3/t14-,15+,18?,19?/m0/s1. The maximum absolute atomic E-state index is 12.5. The number of carbonyl (C=O) groups is 1. The van der Waals surface area contributed by atoms with Crippen LogP contribution in [0.15, 0.2) is 0 Å². The van der Waals surface area contributed by atoms with Crippen LogP contribution in [0, 0.1) is 22.7 Å². The van der Waals surface area contributed by atoms with Crippen molar-refractivity contribution >= 4 is 5.78 Å². The molecule has 2 unspecified atom stereocenters. The summed E-state index contributed by atoms with van der Waals surface area (Å²) in [6.07, 6.45) is 5.99. The molecule has 1 aliphatic heterocycles. The molecule has 3 nitrogen and oxygen atoms in total. The van der Waals surface area contributed by atoms with Gasteiger partial charge in [0.25, 0.3) is 0 Å². The van der Waals surface area contributed by atoms with E-state index in [9.17, 15) is 4.79 Å². The number of rotatable bonds is 0. The second-order valence-electron chi connectivity index (χ2n) is 8.70. The second-order valence-corrected chi connectivity index (χ2v) is 8.70. The van der Waals surface area contributed by atoms with Gasteiger partial charge in [-0.25, -0.2) is 0 Å². The first-order chi connectivity index (χ1) is 10.3. The molecule has 0 amide bonds. The summed E-state index contributed by atoms with van der Waals surface area (Å²) in [5, 5.41) is 0. The second kappa shape index (κ2) is 5.59. The zero-order valence-electron chi connectivity index (χ0n) is 14.7. The summed E-state index contributed by atoms with van der Waals surface area (Å²) >= 11 is 0. The minimum Gasteiger partial charge on any atom is -0.381 e. The Bertz CT molecular complexity index is 444. The zero-order valence-corrected chi connectivity index (χ0v) is 14.7. The van der Waals surface area contributed by atoms with E-state index >= 15 is 0 Å². The largest absolute Gasteiger partial charge is 0.381 e. The van der Waals surface area contributed by atoms with Crippen LogP contribution in [0.4, 0.5) is 0 Å². The van der Waals surface area contributed by atoms with Gasteiger partial charge in [-0.2, -0.15) is 0 Å². The number of fused-ring (bicyclic) bond motifs is 3. The fraction of sp³-hybridized carbons (Fsp3) is 0.947. The van der Waals surface area contributed by atoms with Crippen molar-refractivity contribution in [1.29, 1.82) is 0 Å². The van der Waals surface area contributed by atoms with Gasteiger partial charge in [0.2, 0.25) is 0 Å². The molecule has 22 heavy (non-hydrogen) atoms. The summed E-state index contributed by atoms with van der Waals surface area (Å²) < 4.78 is 12.1. The number of hydrogen-bond acceptors (Lipinski definition) is 3. The van der Waals surface area contributed by atoms with Gasteiger partial charge < -0.3 is 9.47 Å². The predicted molar refractivity (Wildman–Crippen MR) is 86.8 cm³/mol. The number of hydrogen-bond donors (Lipinski definition) is 0. The van der Waals surface area contributed by atoms with Crippen molar-refractivity contribution < 1.29 is 14.3 Å². The Morgan fingerprint density at radius 3 is 2.50 bits per heavy atom. The Labute approximate surface area is 135 Å². The molecule has 3 aliphatic rings. The summed E-state index contributed by atoms with van der Waals surface area (Å²) in [7, 11) is 0. The lowest BCUT2D eigenvalue weighted by atomic mass is 9.49. The van der Waals surface area contributed by atoms with Crippen molar-refractivity contribution in [2.45, 2.75) is 71.8 Å². The SMILES string of the molecule is CC1(C)OCCCOCCC2(C)[C@H]1CCC1(C)C(=O)CC[C@@H]12. The van der Waals surface area contributed by atoms with Crippen molar-refractivity contribution in [2.24, 2.45) is 22.7 Å². The fourth-order valence-corrected chi connectivity index (χ4v) is 5.94. The van der Waals surface area contributed by atoms with Crippen LogP contribution in [0.2, 0.25) is 0 Å². The molecule has 0 aromatic carbocycles. The first-order valence-electron chi connectivity index (χ1n) is 9.06. The minimum absolute atomic E-state index is 0.106. The molecule has 0 bridgehead atoms. The molecule has 0 spiro atoms. The fourth-order valence-electron chi connectivity index (χ4n) is 5.94. The van der Waals surface area contributed by atoms with Crippen molar-refractivity contribution in [1.82, 2.24) is 0 Å². The topological polar surface area (TPSA) is 35.5 Å². The lowest BCUT2D eigenvalue weighted by molar-refractivity contribution is -0.171. The highest BCUT2D eigenvalue weighted by molar-refractivity contribution is 5.87. The molecule has 2 saturated carbocycles. The molecule has 0 radical (unpaired) electrons. The molecule has 2 aliphatic carbocycles. The summed E-state index contributed by atoms with van der Waals surface area (Å²) in [5.74, 6) is 1.48. The molecule has 3 heteroatoms. The molecule has 1 saturated heterocycles. The van der Waals surface area contributed by atoms with Crippen LogP contribution < -0.4 is 0 Å². The van der Waals surface area contributed by atoms with Gasteiger partial charge in [-0.3, -0.25) is 4.79 Å². The monoisotopic (exact) mass is 308 g/mol. The Hall–Kier alpha value is -0.410. The highest BCUT2D eigenvalue weighted by Gasteiger charge is 2.61. The van der Waals surface area contributed by atoms with Crippen LogP contribution in [-0.4, -0.2) is 31.2 Å². The highest BCUT2D eigenvalue weighted by atomic mass is 16.5. The van der Waals surface area contributed by atoms with Gasteiger partial charge in [0, 0.05) is 31.7 Å². The molecule has 126 valence electrons. The molecule has 0 aromatic heterocycles. The van der Waals surface area contributed by atoms with Crippen LogP contribution in [0.3, 0.4) is 0 Å². The summed E-state index contributed by atoms with van der Waals surface area (Å²) in [4.78, 5) is 12.5. The minimum atomic E-state index is -0.112. The Morgan fingerprint density at radius 2 is 1.73 bits per heavy atom. The van der Waals surface area contributed by atoms with Crippen LogP contribution >= 0.6 is 0 Å². The zero-order chi connectivity index (χ0) is 16.0. The lowest BCUT2D eigenvalue weighted by Gasteiger charge is -2.57. The van der Waals surface area contributed by atoms with E-state index in [2.05, 4.69) is 27.7 Å². The number of Topliss-reactive ketones (excluding diaryl/α,β-unsaturated/α-hetero) is 1. The highest BCUT2D eigenvalue weighted by Crippen LogP contribution is 2.63. The van der Waals surface area contributed by atoms with E-state index in [1.54, 1.807) is 0 Å². The van der Waals surface area contributed by atoms with Gasteiger partial charge in [0.1, 0.15) is 5.78 Å². The van der Waals surface area contributed by atoms with Crippen molar-refractivity contribution in [3.05, 3.63) is 0 Å². The van der Waals surface area contributed by atoms with Crippen molar-refractivity contribution in [3.63, 3.8) is 0 Å². The number of ketones is 1. The van der Waals surface area contributed by atoms with E-state index in [4.69, 9.17) is 9.47 Å². The Kier molecular flexibility index (Phi) is 4.18. The molecule has 1 heterocycles. The van der Waals surface area contributed by atoms with Crippen LogP contribution in [0.1, 0.15) is 66.2 Å². The van der Waals surface area contributed by atoms with Gasteiger partial charge in [0.05, 0.1) is 5.60 Å². The lowest BCUT2D eigenvalue weighted by Crippen LogP contribution is -2.56. The smallest absolute Gasteiger partial charge is 0.139 e. The molecular formula is C19H32O3. The van der Waals surface area contributed by atoms with E-state index in [-0.39, 0.29) is 16.4 Å². The summed E-state index contributed by atoms with van der Waals surface area (Å²) in [6, 6.07) is 0. The molecule has 0 aromatic rings. The van der Waals surface area contributed by atoms with E-state index in [1.165, 1.54) is 0 Å². The predicted octanol–water partition coefficient (Wildman–Crippen LogP) is 3.99.